The van der Waals surface area contributed by atoms with E-state index in [9.17, 15) is 19.8 Å². The summed E-state index contributed by atoms with van der Waals surface area (Å²) in [5, 5.41) is 29.5. The zero-order chi connectivity index (χ0) is 19.6. The van der Waals surface area contributed by atoms with Crippen molar-refractivity contribution in [3.05, 3.63) is 23.8 Å². The third-order valence-corrected chi connectivity index (χ3v) is 8.51. The van der Waals surface area contributed by atoms with Crippen LogP contribution in [0.15, 0.2) is 23.8 Å². The number of fused-ring (bicyclic) bond motifs is 5. The maximum atomic E-state index is 12.0. The van der Waals surface area contributed by atoms with Crippen molar-refractivity contribution in [2.24, 2.45) is 34.5 Å². The first-order valence-electron chi connectivity index (χ1n) is 10.2. The molecule has 0 aromatic carbocycles. The Balaban J connectivity index is 1.64. The van der Waals surface area contributed by atoms with Crippen molar-refractivity contribution in [2.75, 3.05) is 0 Å². The van der Waals surface area contributed by atoms with Crippen molar-refractivity contribution in [1.29, 1.82) is 0 Å². The standard InChI is InChI=1S/C22H30O5/c1-20-10-9-17-15(16(20)7-4-13(20)5-8-19(24)25)6-3-14-11-18(23)22(26,27)12-21(14,17)2/h3,6,11,13,15-17,26-27H,4-5,7-10,12H2,1-2H3,(H,24,25)/t13-,15+,16+,17+,20-,21+/m1/s1. The fourth-order valence-corrected chi connectivity index (χ4v) is 7.01. The quantitative estimate of drug-likeness (QED) is 0.660. The number of carboxylic acid groups (broad SMARTS) is 1. The Morgan fingerprint density at radius 3 is 2.63 bits per heavy atom. The van der Waals surface area contributed by atoms with E-state index in [2.05, 4.69) is 19.9 Å². The molecule has 0 bridgehead atoms. The predicted molar refractivity (Wildman–Crippen MR) is 99.5 cm³/mol. The van der Waals surface area contributed by atoms with Gasteiger partial charge in [0.25, 0.3) is 0 Å². The van der Waals surface area contributed by atoms with Crippen LogP contribution in [-0.2, 0) is 9.59 Å². The van der Waals surface area contributed by atoms with Crippen LogP contribution in [0.25, 0.3) is 0 Å². The number of hydrogen-bond donors (Lipinski definition) is 3. The molecule has 0 radical (unpaired) electrons. The molecule has 0 aromatic rings. The summed E-state index contributed by atoms with van der Waals surface area (Å²) in [7, 11) is 0. The maximum absolute atomic E-state index is 12.0. The second-order valence-corrected chi connectivity index (χ2v) is 9.78. The van der Waals surface area contributed by atoms with E-state index in [0.717, 1.165) is 37.7 Å². The first-order chi connectivity index (χ1) is 12.6. The third-order valence-electron chi connectivity index (χ3n) is 8.51. The summed E-state index contributed by atoms with van der Waals surface area (Å²) >= 11 is 0. The molecular weight excluding hydrogens is 344 g/mol. The molecule has 3 N–H and O–H groups in total. The fourth-order valence-electron chi connectivity index (χ4n) is 7.01. The molecule has 5 heteroatoms. The second-order valence-electron chi connectivity index (χ2n) is 9.78. The summed E-state index contributed by atoms with van der Waals surface area (Å²) in [6, 6.07) is 0. The van der Waals surface area contributed by atoms with Gasteiger partial charge < -0.3 is 15.3 Å². The molecule has 0 saturated heterocycles. The number of aliphatic carboxylic acids is 1. The highest BCUT2D eigenvalue weighted by atomic mass is 16.5. The molecule has 6 atom stereocenters. The SMILES string of the molecule is C[C@]12CC[C@H]3[C@@H](C=CC4=CC(=O)C(O)(O)C[C@@]43C)[C@@H]1CC[C@@H]2CCC(=O)O. The number of rotatable bonds is 3. The van der Waals surface area contributed by atoms with Crippen LogP contribution >= 0.6 is 0 Å². The van der Waals surface area contributed by atoms with Gasteiger partial charge in [0.15, 0.2) is 0 Å². The van der Waals surface area contributed by atoms with Gasteiger partial charge in [-0.1, -0.05) is 26.0 Å². The van der Waals surface area contributed by atoms with Crippen molar-refractivity contribution in [1.82, 2.24) is 0 Å². The summed E-state index contributed by atoms with van der Waals surface area (Å²) in [5.74, 6) is -2.02. The van der Waals surface area contributed by atoms with Crippen LogP contribution in [0.4, 0.5) is 0 Å². The number of carboxylic acids is 1. The lowest BCUT2D eigenvalue weighted by Crippen LogP contribution is -2.54. The van der Waals surface area contributed by atoms with Gasteiger partial charge in [0.1, 0.15) is 0 Å². The molecule has 0 heterocycles. The molecule has 2 fully saturated rings. The van der Waals surface area contributed by atoms with E-state index in [0.29, 0.717) is 17.8 Å². The lowest BCUT2D eigenvalue weighted by molar-refractivity contribution is -0.196. The zero-order valence-corrected chi connectivity index (χ0v) is 16.1. The molecule has 0 unspecified atom stereocenters. The molecule has 148 valence electrons. The Morgan fingerprint density at radius 1 is 1.19 bits per heavy atom. The first kappa shape index (κ1) is 18.9. The number of ketones is 1. The Labute approximate surface area is 160 Å². The zero-order valence-electron chi connectivity index (χ0n) is 16.1. The van der Waals surface area contributed by atoms with Crippen LogP contribution in [-0.4, -0.2) is 32.9 Å². The fraction of sp³-hybridized carbons (Fsp3) is 0.727. The predicted octanol–water partition coefficient (Wildman–Crippen LogP) is 3.07. The molecule has 0 amide bonds. The van der Waals surface area contributed by atoms with Crippen LogP contribution < -0.4 is 0 Å². The highest BCUT2D eigenvalue weighted by molar-refractivity contribution is 5.97. The van der Waals surface area contributed by atoms with Gasteiger partial charge in [-0.05, 0) is 72.8 Å². The van der Waals surface area contributed by atoms with Gasteiger partial charge in [-0.2, -0.15) is 0 Å². The molecule has 4 aliphatic carbocycles. The lowest BCUT2D eigenvalue weighted by atomic mass is 9.48. The van der Waals surface area contributed by atoms with Crippen molar-refractivity contribution < 1.29 is 24.9 Å². The van der Waals surface area contributed by atoms with Crippen molar-refractivity contribution >= 4 is 11.8 Å². The van der Waals surface area contributed by atoms with E-state index in [4.69, 9.17) is 5.11 Å². The van der Waals surface area contributed by atoms with Crippen LogP contribution in [0.2, 0.25) is 0 Å². The summed E-state index contributed by atoms with van der Waals surface area (Å²) in [5.41, 5.74) is 0.673. The smallest absolute Gasteiger partial charge is 0.303 e. The molecule has 0 aromatic heterocycles. The van der Waals surface area contributed by atoms with Crippen LogP contribution in [0, 0.1) is 34.5 Å². The molecule has 0 spiro atoms. The van der Waals surface area contributed by atoms with Gasteiger partial charge in [-0.25, -0.2) is 0 Å². The van der Waals surface area contributed by atoms with Crippen molar-refractivity contribution in [3.63, 3.8) is 0 Å². The Hall–Kier alpha value is -1.46. The molecule has 4 aliphatic rings. The van der Waals surface area contributed by atoms with Gasteiger partial charge in [-0.3, -0.25) is 9.59 Å². The first-order valence-corrected chi connectivity index (χ1v) is 10.2. The normalized spacial score (nSPS) is 44.9. The van der Waals surface area contributed by atoms with Gasteiger partial charge in [0.05, 0.1) is 0 Å². The summed E-state index contributed by atoms with van der Waals surface area (Å²) in [6.45, 7) is 4.41. The van der Waals surface area contributed by atoms with Gasteiger partial charge in [0.2, 0.25) is 11.6 Å². The molecule has 5 nitrogen and oxygen atoms in total. The highest BCUT2D eigenvalue weighted by Gasteiger charge is 2.60. The Bertz CT molecular complexity index is 735. The molecule has 27 heavy (non-hydrogen) atoms. The molecular formula is C22H30O5. The van der Waals surface area contributed by atoms with E-state index in [1.807, 2.05) is 6.08 Å². The average molecular weight is 374 g/mol. The number of carbonyl (C=O) groups excluding carboxylic acids is 1. The van der Waals surface area contributed by atoms with E-state index in [-0.39, 0.29) is 24.2 Å². The monoisotopic (exact) mass is 374 g/mol. The molecule has 4 rings (SSSR count). The number of hydrogen-bond acceptors (Lipinski definition) is 4. The van der Waals surface area contributed by atoms with Gasteiger partial charge >= 0.3 is 5.97 Å². The largest absolute Gasteiger partial charge is 0.481 e. The maximum Gasteiger partial charge on any atom is 0.303 e. The summed E-state index contributed by atoms with van der Waals surface area (Å²) in [6.07, 6.45) is 10.9. The van der Waals surface area contributed by atoms with E-state index < -0.39 is 23.0 Å². The Morgan fingerprint density at radius 2 is 1.93 bits per heavy atom. The second kappa shape index (κ2) is 6.02. The average Bonchev–Trinajstić information content (AvgIpc) is 2.90. The number of allylic oxidation sites excluding steroid dienone is 3. The van der Waals surface area contributed by atoms with Gasteiger partial charge in [0, 0.05) is 18.3 Å². The Kier molecular flexibility index (Phi) is 4.21. The number of carbonyl (C=O) groups is 2. The van der Waals surface area contributed by atoms with Crippen LogP contribution in [0.5, 0.6) is 0 Å². The summed E-state index contributed by atoms with van der Waals surface area (Å²) < 4.78 is 0. The topological polar surface area (TPSA) is 94.8 Å². The van der Waals surface area contributed by atoms with E-state index >= 15 is 0 Å². The minimum atomic E-state index is -2.27. The van der Waals surface area contributed by atoms with Crippen LogP contribution in [0.3, 0.4) is 0 Å². The van der Waals surface area contributed by atoms with Gasteiger partial charge in [-0.15, -0.1) is 0 Å². The lowest BCUT2D eigenvalue weighted by Gasteiger charge is -2.57. The van der Waals surface area contributed by atoms with Crippen molar-refractivity contribution in [3.8, 4) is 0 Å². The van der Waals surface area contributed by atoms with Crippen molar-refractivity contribution in [2.45, 2.75) is 64.6 Å². The van der Waals surface area contributed by atoms with E-state index in [1.165, 1.54) is 6.08 Å². The van der Waals surface area contributed by atoms with Crippen LogP contribution in [0.1, 0.15) is 58.8 Å². The minimum absolute atomic E-state index is 0.0576. The minimum Gasteiger partial charge on any atom is -0.481 e. The molecule has 0 aliphatic heterocycles. The summed E-state index contributed by atoms with van der Waals surface area (Å²) in [4.78, 5) is 23.1. The van der Waals surface area contributed by atoms with E-state index in [1.54, 1.807) is 0 Å². The molecule has 2 saturated carbocycles. The number of aliphatic hydroxyl groups is 2. The third kappa shape index (κ3) is 2.73. The highest BCUT2D eigenvalue weighted by Crippen LogP contribution is 2.66.